The lowest BCUT2D eigenvalue weighted by molar-refractivity contribution is 0.376. The third-order valence-corrected chi connectivity index (χ3v) is 5.44. The zero-order chi connectivity index (χ0) is 18.9. The van der Waals surface area contributed by atoms with Crippen molar-refractivity contribution in [2.75, 3.05) is 0 Å². The average molecular weight is 354 g/mol. The first-order valence-electron chi connectivity index (χ1n) is 10.1. The van der Waals surface area contributed by atoms with Crippen molar-refractivity contribution < 1.29 is 0 Å². The Morgan fingerprint density at radius 2 is 1.59 bits per heavy atom. The molecule has 2 aromatic rings. The fourth-order valence-corrected chi connectivity index (χ4v) is 3.83. The molecule has 0 aromatic heterocycles. The van der Waals surface area contributed by atoms with Crippen LogP contribution in [0, 0.1) is 29.1 Å². The molecule has 0 radical (unpaired) electrons. The topological polar surface area (TPSA) is 23.8 Å². The maximum atomic E-state index is 8.81. The number of rotatable bonds is 4. The van der Waals surface area contributed by atoms with Crippen LogP contribution in [0.4, 0.5) is 0 Å². The summed E-state index contributed by atoms with van der Waals surface area (Å²) in [6.07, 6.45) is 11.7. The van der Waals surface area contributed by atoms with Gasteiger partial charge in [0.15, 0.2) is 0 Å². The maximum Gasteiger partial charge on any atom is 0.0991 e. The lowest BCUT2D eigenvalue weighted by Gasteiger charge is -2.27. The number of allylic oxidation sites excluding steroid dienone is 2. The van der Waals surface area contributed by atoms with Gasteiger partial charge >= 0.3 is 0 Å². The van der Waals surface area contributed by atoms with E-state index in [0.717, 1.165) is 11.5 Å². The van der Waals surface area contributed by atoms with Crippen molar-refractivity contribution in [2.24, 2.45) is 5.92 Å². The van der Waals surface area contributed by atoms with Crippen LogP contribution in [0.3, 0.4) is 0 Å². The van der Waals surface area contributed by atoms with Crippen molar-refractivity contribution in [2.45, 2.75) is 51.4 Å². The molecule has 136 valence electrons. The second-order valence-electron chi connectivity index (χ2n) is 7.42. The first kappa shape index (κ1) is 19.0. The Bertz CT molecular complexity index is 846. The SMILES string of the molecule is CCCc1ccc([C@H]2CC[C@H](C=CC#Cc3ccc(C#N)cc3)CC2)cc1. The molecule has 1 aliphatic rings. The van der Waals surface area contributed by atoms with Gasteiger partial charge in [-0.2, -0.15) is 5.26 Å². The lowest BCUT2D eigenvalue weighted by Crippen LogP contribution is -2.11. The van der Waals surface area contributed by atoms with E-state index in [1.807, 2.05) is 30.3 Å². The number of hydrogen-bond donors (Lipinski definition) is 0. The van der Waals surface area contributed by atoms with E-state index < -0.39 is 0 Å². The number of aryl methyl sites for hydroxylation is 1. The van der Waals surface area contributed by atoms with Gasteiger partial charge in [0.25, 0.3) is 0 Å². The van der Waals surface area contributed by atoms with Gasteiger partial charge in [-0.05, 0) is 85.4 Å². The highest BCUT2D eigenvalue weighted by Crippen LogP contribution is 2.36. The molecule has 0 aliphatic heterocycles. The molecule has 1 heteroatoms. The monoisotopic (exact) mass is 353 g/mol. The molecule has 0 heterocycles. The van der Waals surface area contributed by atoms with Gasteiger partial charge in [-0.15, -0.1) is 0 Å². The van der Waals surface area contributed by atoms with Crippen molar-refractivity contribution in [3.63, 3.8) is 0 Å². The highest BCUT2D eigenvalue weighted by atomic mass is 14.3. The third-order valence-electron chi connectivity index (χ3n) is 5.44. The number of benzene rings is 2. The normalized spacial score (nSPS) is 19.3. The zero-order valence-electron chi connectivity index (χ0n) is 16.1. The Balaban J connectivity index is 1.48. The fourth-order valence-electron chi connectivity index (χ4n) is 3.83. The molecule has 3 rings (SSSR count). The van der Waals surface area contributed by atoms with Gasteiger partial charge < -0.3 is 0 Å². The molecule has 1 fully saturated rings. The quantitative estimate of drug-likeness (QED) is 0.584. The third kappa shape index (κ3) is 5.60. The largest absolute Gasteiger partial charge is 0.192 e. The van der Waals surface area contributed by atoms with Crippen molar-refractivity contribution in [3.8, 4) is 17.9 Å². The van der Waals surface area contributed by atoms with Gasteiger partial charge in [0.05, 0.1) is 11.6 Å². The van der Waals surface area contributed by atoms with Crippen LogP contribution in [0.25, 0.3) is 0 Å². The Hall–Kier alpha value is -2.77. The minimum atomic E-state index is 0.649. The number of hydrogen-bond acceptors (Lipinski definition) is 1. The molecule has 0 N–H and O–H groups in total. The second-order valence-corrected chi connectivity index (χ2v) is 7.42. The van der Waals surface area contributed by atoms with E-state index in [4.69, 9.17) is 5.26 Å². The number of nitrogens with zero attached hydrogens (tertiary/aromatic N) is 1. The molecule has 1 aliphatic carbocycles. The highest BCUT2D eigenvalue weighted by molar-refractivity contribution is 5.41. The van der Waals surface area contributed by atoms with Gasteiger partial charge in [0.1, 0.15) is 0 Å². The molecule has 0 amide bonds. The van der Waals surface area contributed by atoms with Crippen molar-refractivity contribution in [3.05, 3.63) is 82.9 Å². The summed E-state index contributed by atoms with van der Waals surface area (Å²) in [7, 11) is 0. The van der Waals surface area contributed by atoms with Crippen molar-refractivity contribution >= 4 is 0 Å². The maximum absolute atomic E-state index is 8.81. The molecule has 1 saturated carbocycles. The zero-order valence-corrected chi connectivity index (χ0v) is 16.1. The molecule has 0 unspecified atom stereocenters. The van der Waals surface area contributed by atoms with Gasteiger partial charge in [0.2, 0.25) is 0 Å². The molecule has 27 heavy (non-hydrogen) atoms. The van der Waals surface area contributed by atoms with E-state index in [0.29, 0.717) is 11.5 Å². The summed E-state index contributed by atoms with van der Waals surface area (Å²) in [5.74, 6) is 7.64. The first-order valence-corrected chi connectivity index (χ1v) is 10.1. The van der Waals surface area contributed by atoms with Crippen LogP contribution in [-0.2, 0) is 6.42 Å². The van der Waals surface area contributed by atoms with Crippen LogP contribution in [0.5, 0.6) is 0 Å². The van der Waals surface area contributed by atoms with Gasteiger partial charge in [-0.1, -0.05) is 55.5 Å². The summed E-state index contributed by atoms with van der Waals surface area (Å²) in [6, 6.07) is 18.8. The summed E-state index contributed by atoms with van der Waals surface area (Å²) < 4.78 is 0. The van der Waals surface area contributed by atoms with Crippen LogP contribution in [0.15, 0.2) is 60.7 Å². The van der Waals surface area contributed by atoms with Crippen LogP contribution in [-0.4, -0.2) is 0 Å². The molecule has 0 bridgehead atoms. The Labute approximate surface area is 163 Å². The van der Waals surface area contributed by atoms with E-state index in [1.54, 1.807) is 0 Å². The van der Waals surface area contributed by atoms with Gasteiger partial charge in [-0.3, -0.25) is 0 Å². The average Bonchev–Trinajstić information content (AvgIpc) is 2.73. The van der Waals surface area contributed by atoms with Crippen molar-refractivity contribution in [1.82, 2.24) is 0 Å². The molecular weight excluding hydrogens is 326 g/mol. The molecule has 2 aromatic carbocycles. The Morgan fingerprint density at radius 1 is 0.926 bits per heavy atom. The van der Waals surface area contributed by atoms with Gasteiger partial charge in [0, 0.05) is 5.56 Å². The first-order chi connectivity index (χ1) is 13.3. The Kier molecular flexibility index (Phi) is 6.90. The van der Waals surface area contributed by atoms with Crippen LogP contribution < -0.4 is 0 Å². The number of nitriles is 1. The fraction of sp³-hybridized carbons (Fsp3) is 0.346. The van der Waals surface area contributed by atoms with Crippen molar-refractivity contribution in [1.29, 1.82) is 5.26 Å². The summed E-state index contributed by atoms with van der Waals surface area (Å²) in [5.41, 5.74) is 4.60. The smallest absolute Gasteiger partial charge is 0.0991 e. The molecule has 1 nitrogen and oxygen atoms in total. The summed E-state index contributed by atoms with van der Waals surface area (Å²) in [4.78, 5) is 0. The van der Waals surface area contributed by atoms with E-state index >= 15 is 0 Å². The van der Waals surface area contributed by atoms with Crippen LogP contribution in [0.1, 0.15) is 67.2 Å². The van der Waals surface area contributed by atoms with E-state index in [2.05, 4.69) is 55.2 Å². The molecule has 0 atom stereocenters. The molecule has 0 spiro atoms. The minimum absolute atomic E-state index is 0.649. The van der Waals surface area contributed by atoms with E-state index in [9.17, 15) is 0 Å². The summed E-state index contributed by atoms with van der Waals surface area (Å²) in [5, 5.41) is 8.81. The lowest BCUT2D eigenvalue weighted by atomic mass is 9.78. The van der Waals surface area contributed by atoms with Crippen LogP contribution in [0.2, 0.25) is 0 Å². The van der Waals surface area contributed by atoms with Crippen LogP contribution >= 0.6 is 0 Å². The molecule has 0 saturated heterocycles. The Morgan fingerprint density at radius 3 is 2.22 bits per heavy atom. The standard InChI is InChI=1S/C26H27N/c1-2-5-21-12-16-25(17-13-21)26-18-14-23(15-19-26)7-4-3-6-22-8-10-24(20-27)11-9-22/h4,7-13,16-17,23,26H,2,5,14-15,18-19H2,1H3/t23-,26-. The van der Waals surface area contributed by atoms with Gasteiger partial charge in [-0.25, -0.2) is 0 Å². The summed E-state index contributed by atoms with van der Waals surface area (Å²) >= 11 is 0. The summed E-state index contributed by atoms with van der Waals surface area (Å²) in [6.45, 7) is 2.23. The minimum Gasteiger partial charge on any atom is -0.192 e. The second kappa shape index (κ2) is 9.80. The van der Waals surface area contributed by atoms with E-state index in [-0.39, 0.29) is 0 Å². The molecular formula is C26H27N. The highest BCUT2D eigenvalue weighted by Gasteiger charge is 2.20. The predicted octanol–water partition coefficient (Wildman–Crippen LogP) is 6.39. The predicted molar refractivity (Wildman–Crippen MR) is 112 cm³/mol. The van der Waals surface area contributed by atoms with E-state index in [1.165, 1.54) is 49.7 Å².